The molecule has 9 heteroatoms. The first-order valence-electron chi connectivity index (χ1n) is 7.08. The fraction of sp³-hybridized carbons (Fsp3) is 0.429. The number of carbonyl (C=O) groups excluding carboxylic acids is 2. The van der Waals surface area contributed by atoms with Gasteiger partial charge in [-0.05, 0) is 12.1 Å². The normalized spacial score (nSPS) is 15.3. The fourth-order valence-electron chi connectivity index (χ4n) is 2.38. The average molecular weight is 341 g/mol. The zero-order chi connectivity index (χ0) is 17.0. The molecule has 0 unspecified atom stereocenters. The second-order valence-corrected chi connectivity index (χ2v) is 5.69. The van der Waals surface area contributed by atoms with E-state index in [0.717, 1.165) is 0 Å². The largest absolute Gasteiger partial charge is 0.340 e. The van der Waals surface area contributed by atoms with Crippen molar-refractivity contribution >= 4 is 34.8 Å². The average Bonchev–Trinajstić information content (AvgIpc) is 2.47. The van der Waals surface area contributed by atoms with Crippen LogP contribution in [0.3, 0.4) is 0 Å². The lowest BCUT2D eigenvalue weighted by molar-refractivity contribution is -0.383. The zero-order valence-corrected chi connectivity index (χ0v) is 13.4. The van der Waals surface area contributed by atoms with Crippen molar-refractivity contribution in [2.45, 2.75) is 6.92 Å². The molecule has 8 nitrogen and oxygen atoms in total. The van der Waals surface area contributed by atoms with E-state index in [2.05, 4.69) is 5.32 Å². The Morgan fingerprint density at radius 3 is 2.52 bits per heavy atom. The van der Waals surface area contributed by atoms with E-state index in [-0.39, 0.29) is 29.7 Å². The van der Waals surface area contributed by atoms with E-state index in [1.165, 1.54) is 25.1 Å². The molecule has 2 amide bonds. The van der Waals surface area contributed by atoms with Crippen molar-refractivity contribution in [2.24, 2.45) is 0 Å². The monoisotopic (exact) mass is 340 g/mol. The standard InChI is InChI=1S/C14H17ClN4O4/c1-10(20)18-6-4-17(5-7-18)9-14(21)16-12-8-11(15)2-3-13(12)19(22)23/h2-3,8H,4-7,9H2,1H3,(H,16,21). The maximum atomic E-state index is 12.1. The van der Waals surface area contributed by atoms with Gasteiger partial charge >= 0.3 is 0 Å². The van der Waals surface area contributed by atoms with Crippen molar-refractivity contribution in [3.8, 4) is 0 Å². The van der Waals surface area contributed by atoms with Crippen LogP contribution in [0.2, 0.25) is 5.02 Å². The number of amides is 2. The van der Waals surface area contributed by atoms with E-state index < -0.39 is 4.92 Å². The Balaban J connectivity index is 1.94. The van der Waals surface area contributed by atoms with Gasteiger partial charge in [-0.25, -0.2) is 0 Å². The SMILES string of the molecule is CC(=O)N1CCN(CC(=O)Nc2cc(Cl)ccc2[N+](=O)[O-])CC1. The van der Waals surface area contributed by atoms with Crippen LogP contribution in [0.4, 0.5) is 11.4 Å². The lowest BCUT2D eigenvalue weighted by Crippen LogP contribution is -2.49. The van der Waals surface area contributed by atoms with Gasteiger partial charge in [-0.2, -0.15) is 0 Å². The molecule has 1 fully saturated rings. The summed E-state index contributed by atoms with van der Waals surface area (Å²) in [7, 11) is 0. The summed E-state index contributed by atoms with van der Waals surface area (Å²) in [6, 6.07) is 4.01. The second-order valence-electron chi connectivity index (χ2n) is 5.25. The van der Waals surface area contributed by atoms with E-state index in [1.807, 2.05) is 4.90 Å². The number of carbonyl (C=O) groups is 2. The quantitative estimate of drug-likeness (QED) is 0.659. The van der Waals surface area contributed by atoms with Crippen molar-refractivity contribution in [3.63, 3.8) is 0 Å². The highest BCUT2D eigenvalue weighted by Crippen LogP contribution is 2.27. The Kier molecular flexibility index (Phi) is 5.51. The minimum atomic E-state index is -0.572. The summed E-state index contributed by atoms with van der Waals surface area (Å²) in [5.41, 5.74) is -0.126. The molecule has 0 radical (unpaired) electrons. The Morgan fingerprint density at radius 2 is 1.96 bits per heavy atom. The molecule has 1 saturated heterocycles. The van der Waals surface area contributed by atoms with Gasteiger partial charge in [0.2, 0.25) is 11.8 Å². The number of hydrogen-bond donors (Lipinski definition) is 1. The molecule has 0 aromatic heterocycles. The Hall–Kier alpha value is -2.19. The van der Waals surface area contributed by atoms with Crippen molar-refractivity contribution in [1.82, 2.24) is 9.80 Å². The van der Waals surface area contributed by atoms with Crippen LogP contribution in [-0.2, 0) is 9.59 Å². The number of hydrogen-bond acceptors (Lipinski definition) is 5. The minimum absolute atomic E-state index is 0.0173. The molecule has 1 heterocycles. The Bertz CT molecular complexity index is 629. The molecule has 23 heavy (non-hydrogen) atoms. The predicted molar refractivity (Wildman–Crippen MR) is 85.4 cm³/mol. The van der Waals surface area contributed by atoms with Crippen molar-refractivity contribution in [2.75, 3.05) is 38.0 Å². The number of nitrogens with zero attached hydrogens (tertiary/aromatic N) is 3. The molecule has 1 aromatic rings. The third-order valence-electron chi connectivity index (χ3n) is 3.61. The maximum absolute atomic E-state index is 12.1. The summed E-state index contributed by atoms with van der Waals surface area (Å²) in [5, 5.41) is 13.8. The van der Waals surface area contributed by atoms with Gasteiger partial charge in [0, 0.05) is 44.2 Å². The third kappa shape index (κ3) is 4.64. The first kappa shape index (κ1) is 17.2. The van der Waals surface area contributed by atoms with Crippen LogP contribution < -0.4 is 5.32 Å². The summed E-state index contributed by atoms with van der Waals surface area (Å²) in [5.74, 6) is -0.338. The van der Waals surface area contributed by atoms with Crippen LogP contribution in [0.15, 0.2) is 18.2 Å². The van der Waals surface area contributed by atoms with Gasteiger partial charge < -0.3 is 10.2 Å². The number of benzene rings is 1. The van der Waals surface area contributed by atoms with E-state index in [1.54, 1.807) is 4.90 Å². The third-order valence-corrected chi connectivity index (χ3v) is 3.85. The number of halogens is 1. The topological polar surface area (TPSA) is 95.8 Å². The van der Waals surface area contributed by atoms with Crippen molar-refractivity contribution in [1.29, 1.82) is 0 Å². The molecule has 2 rings (SSSR count). The van der Waals surface area contributed by atoms with Gasteiger partial charge in [-0.1, -0.05) is 11.6 Å². The number of piperazine rings is 1. The molecule has 1 N–H and O–H groups in total. The summed E-state index contributed by atoms with van der Waals surface area (Å²) >= 11 is 5.82. The van der Waals surface area contributed by atoms with Crippen molar-refractivity contribution in [3.05, 3.63) is 33.3 Å². The number of nitro groups is 1. The molecule has 1 aliphatic heterocycles. The van der Waals surface area contributed by atoms with E-state index in [0.29, 0.717) is 31.2 Å². The first-order valence-corrected chi connectivity index (χ1v) is 7.46. The lowest BCUT2D eigenvalue weighted by atomic mass is 10.2. The van der Waals surface area contributed by atoms with Crippen LogP contribution in [0.25, 0.3) is 0 Å². The van der Waals surface area contributed by atoms with Gasteiger partial charge in [-0.15, -0.1) is 0 Å². The summed E-state index contributed by atoms with van der Waals surface area (Å²) < 4.78 is 0. The summed E-state index contributed by atoms with van der Waals surface area (Å²) in [6.07, 6.45) is 0. The highest BCUT2D eigenvalue weighted by atomic mass is 35.5. The highest BCUT2D eigenvalue weighted by Gasteiger charge is 2.22. The van der Waals surface area contributed by atoms with Gasteiger partial charge in [0.15, 0.2) is 0 Å². The smallest absolute Gasteiger partial charge is 0.292 e. The molecule has 0 atom stereocenters. The molecule has 0 bridgehead atoms. The number of nitro benzene ring substituents is 1. The minimum Gasteiger partial charge on any atom is -0.340 e. The van der Waals surface area contributed by atoms with Crippen LogP contribution >= 0.6 is 11.6 Å². The highest BCUT2D eigenvalue weighted by molar-refractivity contribution is 6.31. The molecular formula is C14H17ClN4O4. The van der Waals surface area contributed by atoms with Gasteiger partial charge in [0.25, 0.3) is 5.69 Å². The second kappa shape index (κ2) is 7.38. The van der Waals surface area contributed by atoms with Crippen LogP contribution in [0.1, 0.15) is 6.92 Å². The van der Waals surface area contributed by atoms with Crippen LogP contribution in [-0.4, -0.2) is 59.3 Å². The van der Waals surface area contributed by atoms with E-state index in [4.69, 9.17) is 11.6 Å². The zero-order valence-electron chi connectivity index (χ0n) is 12.6. The van der Waals surface area contributed by atoms with Crippen LogP contribution in [0, 0.1) is 10.1 Å². The van der Waals surface area contributed by atoms with E-state index >= 15 is 0 Å². The molecular weight excluding hydrogens is 324 g/mol. The predicted octanol–water partition coefficient (Wildman–Crippen LogP) is 1.35. The summed E-state index contributed by atoms with van der Waals surface area (Å²) in [4.78, 5) is 37.3. The Labute approximate surface area is 138 Å². The number of nitrogens with one attached hydrogen (secondary N) is 1. The fourth-order valence-corrected chi connectivity index (χ4v) is 2.55. The number of rotatable bonds is 4. The van der Waals surface area contributed by atoms with Gasteiger partial charge in [0.1, 0.15) is 5.69 Å². The van der Waals surface area contributed by atoms with Crippen molar-refractivity contribution < 1.29 is 14.5 Å². The molecule has 124 valence electrons. The molecule has 0 aliphatic carbocycles. The molecule has 0 saturated carbocycles. The van der Waals surface area contributed by atoms with E-state index in [9.17, 15) is 19.7 Å². The molecule has 0 spiro atoms. The summed E-state index contributed by atoms with van der Waals surface area (Å²) in [6.45, 7) is 3.94. The molecule has 1 aromatic carbocycles. The first-order chi connectivity index (χ1) is 10.9. The lowest BCUT2D eigenvalue weighted by Gasteiger charge is -2.33. The number of anilines is 1. The maximum Gasteiger partial charge on any atom is 0.292 e. The van der Waals surface area contributed by atoms with Crippen LogP contribution in [0.5, 0.6) is 0 Å². The molecule has 1 aliphatic rings. The van der Waals surface area contributed by atoms with Gasteiger partial charge in [0.05, 0.1) is 11.5 Å². The Morgan fingerprint density at radius 1 is 1.30 bits per heavy atom. The van der Waals surface area contributed by atoms with Gasteiger partial charge in [-0.3, -0.25) is 24.6 Å².